The average molecular weight is 352 g/mol. The zero-order chi connectivity index (χ0) is 19.0. The van der Waals surface area contributed by atoms with Gasteiger partial charge >= 0.3 is 5.97 Å². The van der Waals surface area contributed by atoms with Crippen molar-refractivity contribution in [3.05, 3.63) is 33.9 Å². The Bertz CT molecular complexity index is 674. The summed E-state index contributed by atoms with van der Waals surface area (Å²) in [6.45, 7) is 2.70. The molecule has 1 aromatic carbocycles. The molecule has 0 saturated heterocycles. The SMILES string of the molecule is CNc1ccc([N+](=O)[O-])cc1C(=O)OCC(=O)NCC(=O)NC(C)C. The van der Waals surface area contributed by atoms with E-state index in [1.807, 2.05) is 0 Å². The maximum atomic E-state index is 12.0. The van der Waals surface area contributed by atoms with Crippen molar-refractivity contribution >= 4 is 29.2 Å². The maximum absolute atomic E-state index is 12.0. The zero-order valence-corrected chi connectivity index (χ0v) is 14.1. The van der Waals surface area contributed by atoms with Gasteiger partial charge in [0.1, 0.15) is 0 Å². The Morgan fingerprint density at radius 2 is 1.92 bits per heavy atom. The van der Waals surface area contributed by atoms with E-state index < -0.39 is 23.4 Å². The number of nitrogens with zero attached hydrogens (tertiary/aromatic N) is 1. The highest BCUT2D eigenvalue weighted by Gasteiger charge is 2.18. The fourth-order valence-corrected chi connectivity index (χ4v) is 1.84. The lowest BCUT2D eigenvalue weighted by Crippen LogP contribution is -2.41. The van der Waals surface area contributed by atoms with E-state index in [-0.39, 0.29) is 29.7 Å². The van der Waals surface area contributed by atoms with Crippen molar-refractivity contribution in [3.63, 3.8) is 0 Å². The second kappa shape index (κ2) is 9.21. The summed E-state index contributed by atoms with van der Waals surface area (Å²) in [5.74, 6) is -1.93. The van der Waals surface area contributed by atoms with Gasteiger partial charge in [-0.25, -0.2) is 4.79 Å². The van der Waals surface area contributed by atoms with Gasteiger partial charge in [-0.1, -0.05) is 0 Å². The van der Waals surface area contributed by atoms with Crippen LogP contribution in [0, 0.1) is 10.1 Å². The Morgan fingerprint density at radius 3 is 2.48 bits per heavy atom. The second-order valence-electron chi connectivity index (χ2n) is 5.31. The molecule has 0 spiro atoms. The van der Waals surface area contributed by atoms with Crippen molar-refractivity contribution in [1.82, 2.24) is 10.6 Å². The molecule has 0 saturated carbocycles. The Kier molecular flexibility index (Phi) is 7.32. The predicted octanol–water partition coefficient (Wildman–Crippen LogP) is 0.434. The number of rotatable bonds is 8. The molecule has 2 amide bonds. The molecule has 10 nitrogen and oxygen atoms in total. The van der Waals surface area contributed by atoms with Gasteiger partial charge in [0.25, 0.3) is 11.6 Å². The van der Waals surface area contributed by atoms with Crippen LogP contribution in [0.1, 0.15) is 24.2 Å². The van der Waals surface area contributed by atoms with Gasteiger partial charge in [0, 0.05) is 30.9 Å². The zero-order valence-electron chi connectivity index (χ0n) is 14.1. The highest BCUT2D eigenvalue weighted by molar-refractivity contribution is 5.97. The molecule has 0 aliphatic carbocycles. The molecule has 1 rings (SSSR count). The van der Waals surface area contributed by atoms with Gasteiger partial charge in [0.15, 0.2) is 6.61 Å². The van der Waals surface area contributed by atoms with Crippen LogP contribution in [0.2, 0.25) is 0 Å². The Hall–Kier alpha value is -3.17. The van der Waals surface area contributed by atoms with Crippen LogP contribution in [0.15, 0.2) is 18.2 Å². The Morgan fingerprint density at radius 1 is 1.24 bits per heavy atom. The van der Waals surface area contributed by atoms with Crippen molar-refractivity contribution in [1.29, 1.82) is 0 Å². The quantitative estimate of drug-likeness (QED) is 0.350. The molecule has 3 N–H and O–H groups in total. The number of hydrogen-bond acceptors (Lipinski definition) is 7. The van der Waals surface area contributed by atoms with E-state index in [1.54, 1.807) is 13.8 Å². The normalized spacial score (nSPS) is 10.1. The third-order valence-corrected chi connectivity index (χ3v) is 2.93. The van der Waals surface area contributed by atoms with Gasteiger partial charge in [-0.2, -0.15) is 0 Å². The van der Waals surface area contributed by atoms with Gasteiger partial charge in [0.05, 0.1) is 17.0 Å². The molecule has 136 valence electrons. The van der Waals surface area contributed by atoms with Crippen LogP contribution >= 0.6 is 0 Å². The van der Waals surface area contributed by atoms with Crippen molar-refractivity contribution < 1.29 is 24.0 Å². The molecule has 0 aliphatic heterocycles. The van der Waals surface area contributed by atoms with Gasteiger partial charge < -0.3 is 20.7 Å². The lowest BCUT2D eigenvalue weighted by molar-refractivity contribution is -0.384. The highest BCUT2D eigenvalue weighted by Crippen LogP contribution is 2.22. The molecule has 1 aromatic rings. The van der Waals surface area contributed by atoms with Crippen LogP contribution in [0.25, 0.3) is 0 Å². The van der Waals surface area contributed by atoms with E-state index in [0.717, 1.165) is 6.07 Å². The topological polar surface area (TPSA) is 140 Å². The molecule has 0 bridgehead atoms. The van der Waals surface area contributed by atoms with Crippen molar-refractivity contribution in [3.8, 4) is 0 Å². The summed E-state index contributed by atoms with van der Waals surface area (Å²) < 4.78 is 4.84. The van der Waals surface area contributed by atoms with Gasteiger partial charge in [-0.15, -0.1) is 0 Å². The first-order valence-electron chi connectivity index (χ1n) is 7.44. The van der Waals surface area contributed by atoms with E-state index in [0.29, 0.717) is 5.69 Å². The summed E-state index contributed by atoms with van der Waals surface area (Å²) in [5.41, 5.74) is -0.0184. The minimum Gasteiger partial charge on any atom is -0.452 e. The van der Waals surface area contributed by atoms with Gasteiger partial charge in [-0.05, 0) is 19.9 Å². The minimum absolute atomic E-state index is 0.0592. The molecule has 0 atom stereocenters. The summed E-state index contributed by atoms with van der Waals surface area (Å²) in [6, 6.07) is 3.60. The van der Waals surface area contributed by atoms with Crippen LogP contribution < -0.4 is 16.0 Å². The molecule has 25 heavy (non-hydrogen) atoms. The molecular formula is C15H20N4O6. The number of non-ortho nitro benzene ring substituents is 1. The fourth-order valence-electron chi connectivity index (χ4n) is 1.84. The van der Waals surface area contributed by atoms with E-state index in [1.165, 1.54) is 19.2 Å². The highest BCUT2D eigenvalue weighted by atomic mass is 16.6. The number of nitro benzene ring substituents is 1. The van der Waals surface area contributed by atoms with Crippen LogP contribution in [-0.2, 0) is 14.3 Å². The Labute approximate surface area is 144 Å². The number of esters is 1. The molecule has 0 unspecified atom stereocenters. The molecule has 0 aliphatic rings. The summed E-state index contributed by atoms with van der Waals surface area (Å²) in [4.78, 5) is 45.2. The first-order chi connectivity index (χ1) is 11.7. The Balaban J connectivity index is 2.61. The third-order valence-electron chi connectivity index (χ3n) is 2.93. The van der Waals surface area contributed by atoms with Crippen LogP contribution in [0.4, 0.5) is 11.4 Å². The minimum atomic E-state index is -0.894. The maximum Gasteiger partial charge on any atom is 0.341 e. The number of amides is 2. The molecular weight excluding hydrogens is 332 g/mol. The van der Waals surface area contributed by atoms with Gasteiger partial charge in [0.2, 0.25) is 5.91 Å². The summed E-state index contributed by atoms with van der Waals surface area (Å²) in [7, 11) is 1.54. The molecule has 10 heteroatoms. The molecule has 0 heterocycles. The first kappa shape index (κ1) is 19.9. The number of ether oxygens (including phenoxy) is 1. The smallest absolute Gasteiger partial charge is 0.341 e. The predicted molar refractivity (Wildman–Crippen MR) is 89.2 cm³/mol. The number of benzene rings is 1. The number of nitrogens with one attached hydrogen (secondary N) is 3. The lowest BCUT2D eigenvalue weighted by atomic mass is 10.1. The first-order valence-corrected chi connectivity index (χ1v) is 7.44. The summed E-state index contributed by atoms with van der Waals surface area (Å²) in [6.07, 6.45) is 0. The van der Waals surface area contributed by atoms with E-state index >= 15 is 0 Å². The number of anilines is 1. The summed E-state index contributed by atoms with van der Waals surface area (Å²) >= 11 is 0. The van der Waals surface area contributed by atoms with Crippen molar-refractivity contribution in [2.75, 3.05) is 25.5 Å². The second-order valence-corrected chi connectivity index (χ2v) is 5.31. The van der Waals surface area contributed by atoms with Crippen LogP contribution in [0.5, 0.6) is 0 Å². The monoisotopic (exact) mass is 352 g/mol. The number of carbonyl (C=O) groups is 3. The van der Waals surface area contributed by atoms with Gasteiger partial charge in [-0.3, -0.25) is 19.7 Å². The number of carbonyl (C=O) groups excluding carboxylic acids is 3. The van der Waals surface area contributed by atoms with E-state index in [4.69, 9.17) is 4.74 Å². The van der Waals surface area contributed by atoms with E-state index in [9.17, 15) is 24.5 Å². The van der Waals surface area contributed by atoms with E-state index in [2.05, 4.69) is 16.0 Å². The largest absolute Gasteiger partial charge is 0.452 e. The standard InChI is InChI=1S/C15H20N4O6/c1-9(2)18-13(20)7-17-14(21)8-25-15(22)11-6-10(19(23)24)4-5-12(11)16-3/h4-6,9,16H,7-8H2,1-3H3,(H,17,21)(H,18,20). The van der Waals surface area contributed by atoms with Crippen molar-refractivity contribution in [2.24, 2.45) is 0 Å². The number of hydrogen-bond donors (Lipinski definition) is 3. The third kappa shape index (κ3) is 6.45. The number of nitro groups is 1. The average Bonchev–Trinajstić information content (AvgIpc) is 2.56. The lowest BCUT2D eigenvalue weighted by Gasteiger charge is -2.10. The van der Waals surface area contributed by atoms with Crippen LogP contribution in [-0.4, -0.2) is 48.9 Å². The molecule has 0 aromatic heterocycles. The molecule has 0 radical (unpaired) electrons. The van der Waals surface area contributed by atoms with Crippen LogP contribution in [0.3, 0.4) is 0 Å². The van der Waals surface area contributed by atoms with Crippen molar-refractivity contribution in [2.45, 2.75) is 19.9 Å². The fraction of sp³-hybridized carbons (Fsp3) is 0.400. The summed E-state index contributed by atoms with van der Waals surface area (Å²) in [5, 5.41) is 18.4. The molecule has 0 fully saturated rings.